The number of hydrogen-bond acceptors (Lipinski definition) is 2. The summed E-state index contributed by atoms with van der Waals surface area (Å²) in [6, 6.07) is 0. The maximum atomic E-state index is 11.5. The fraction of sp³-hybridized carbons (Fsp3) is 0.917. The zero-order chi connectivity index (χ0) is 11.7. The van der Waals surface area contributed by atoms with Crippen molar-refractivity contribution in [3.8, 4) is 0 Å². The number of rotatable bonds is 8. The number of nitrogens with one attached hydrogen (secondary N) is 1. The third-order valence-corrected chi connectivity index (χ3v) is 2.87. The van der Waals surface area contributed by atoms with Gasteiger partial charge < -0.3 is 11.1 Å². The van der Waals surface area contributed by atoms with Crippen LogP contribution in [0, 0.1) is 11.8 Å². The molecule has 98 valence electrons. The second-order valence-corrected chi connectivity index (χ2v) is 4.46. The summed E-state index contributed by atoms with van der Waals surface area (Å²) in [5, 5.41) is 2.94. The molecule has 0 aromatic carbocycles. The Hall–Kier alpha value is -0.280. The number of amides is 1. The van der Waals surface area contributed by atoms with Crippen molar-refractivity contribution >= 4 is 18.3 Å². The van der Waals surface area contributed by atoms with Crippen LogP contribution in [-0.2, 0) is 4.79 Å². The van der Waals surface area contributed by atoms with Crippen LogP contribution in [0.15, 0.2) is 0 Å². The molecule has 3 nitrogen and oxygen atoms in total. The molecule has 0 aliphatic heterocycles. The van der Waals surface area contributed by atoms with E-state index in [2.05, 4.69) is 26.1 Å². The highest BCUT2D eigenvalue weighted by Gasteiger charge is 2.14. The highest BCUT2D eigenvalue weighted by atomic mass is 35.5. The van der Waals surface area contributed by atoms with Crippen LogP contribution >= 0.6 is 12.4 Å². The van der Waals surface area contributed by atoms with Gasteiger partial charge in [0, 0.05) is 13.0 Å². The first-order chi connectivity index (χ1) is 7.11. The van der Waals surface area contributed by atoms with Gasteiger partial charge >= 0.3 is 0 Å². The highest BCUT2D eigenvalue weighted by molar-refractivity contribution is 5.85. The minimum Gasteiger partial charge on any atom is -0.356 e. The van der Waals surface area contributed by atoms with Crippen LogP contribution in [-0.4, -0.2) is 19.0 Å². The normalized spacial score (nSPS) is 12.1. The Kier molecular flexibility index (Phi) is 12.7. The van der Waals surface area contributed by atoms with Crippen LogP contribution in [0.4, 0.5) is 0 Å². The van der Waals surface area contributed by atoms with Crippen LogP contribution in [0.25, 0.3) is 0 Å². The summed E-state index contributed by atoms with van der Waals surface area (Å²) in [6.07, 6.45) is 3.72. The van der Waals surface area contributed by atoms with E-state index in [1.807, 2.05) is 0 Å². The summed E-state index contributed by atoms with van der Waals surface area (Å²) in [7, 11) is 0. The van der Waals surface area contributed by atoms with Gasteiger partial charge in [-0.15, -0.1) is 12.4 Å². The third-order valence-electron chi connectivity index (χ3n) is 2.87. The SMILES string of the molecule is CCC(CC(=O)NCCCCN)C(C)C.Cl. The first kappa shape index (κ1) is 18.1. The lowest BCUT2D eigenvalue weighted by Gasteiger charge is -2.18. The van der Waals surface area contributed by atoms with Crippen molar-refractivity contribution in [1.29, 1.82) is 0 Å². The molecule has 4 heteroatoms. The zero-order valence-electron chi connectivity index (χ0n) is 10.8. The van der Waals surface area contributed by atoms with Gasteiger partial charge in [0.15, 0.2) is 0 Å². The van der Waals surface area contributed by atoms with Gasteiger partial charge in [-0.3, -0.25) is 4.79 Å². The molecule has 0 saturated carbocycles. The zero-order valence-corrected chi connectivity index (χ0v) is 11.6. The molecule has 0 aliphatic rings. The van der Waals surface area contributed by atoms with Gasteiger partial charge in [0.05, 0.1) is 0 Å². The average molecular weight is 251 g/mol. The Balaban J connectivity index is 0. The van der Waals surface area contributed by atoms with Gasteiger partial charge in [-0.1, -0.05) is 27.2 Å². The minimum atomic E-state index is 0. The van der Waals surface area contributed by atoms with E-state index in [4.69, 9.17) is 5.73 Å². The van der Waals surface area contributed by atoms with Gasteiger partial charge in [0.25, 0.3) is 0 Å². The summed E-state index contributed by atoms with van der Waals surface area (Å²) < 4.78 is 0. The molecule has 0 aliphatic carbocycles. The number of carbonyl (C=O) groups excluding carboxylic acids is 1. The topological polar surface area (TPSA) is 55.1 Å². The van der Waals surface area contributed by atoms with Gasteiger partial charge in [-0.2, -0.15) is 0 Å². The van der Waals surface area contributed by atoms with Gasteiger partial charge in [-0.05, 0) is 31.2 Å². The molecule has 0 rings (SSSR count). The summed E-state index contributed by atoms with van der Waals surface area (Å²) in [4.78, 5) is 11.5. The molecule has 0 spiro atoms. The number of halogens is 1. The molecular formula is C12H27ClN2O. The maximum absolute atomic E-state index is 11.5. The number of hydrogen-bond donors (Lipinski definition) is 2. The fourth-order valence-corrected chi connectivity index (χ4v) is 1.66. The molecule has 16 heavy (non-hydrogen) atoms. The molecule has 0 aromatic heterocycles. The van der Waals surface area contributed by atoms with E-state index in [1.54, 1.807) is 0 Å². The molecule has 0 fully saturated rings. The fourth-order valence-electron chi connectivity index (χ4n) is 1.66. The first-order valence-electron chi connectivity index (χ1n) is 6.08. The summed E-state index contributed by atoms with van der Waals surface area (Å²) in [6.45, 7) is 7.97. The largest absolute Gasteiger partial charge is 0.356 e. The standard InChI is InChI=1S/C12H26N2O.ClH/c1-4-11(10(2)3)9-12(15)14-8-6-5-7-13;/h10-11H,4-9,13H2,1-3H3,(H,14,15);1H. The second kappa shape index (κ2) is 11.2. The van der Waals surface area contributed by atoms with E-state index in [0.717, 1.165) is 25.8 Å². The molecule has 0 radical (unpaired) electrons. The van der Waals surface area contributed by atoms with Crippen LogP contribution in [0.3, 0.4) is 0 Å². The van der Waals surface area contributed by atoms with Crippen molar-refractivity contribution in [3.05, 3.63) is 0 Å². The van der Waals surface area contributed by atoms with Gasteiger partial charge in [0.1, 0.15) is 0 Å². The lowest BCUT2D eigenvalue weighted by molar-refractivity contribution is -0.122. The van der Waals surface area contributed by atoms with E-state index < -0.39 is 0 Å². The molecule has 1 amide bonds. The van der Waals surface area contributed by atoms with E-state index >= 15 is 0 Å². The molecule has 0 bridgehead atoms. The Bertz CT molecular complexity index is 174. The summed E-state index contributed by atoms with van der Waals surface area (Å²) in [5.74, 6) is 1.29. The Morgan fingerprint density at radius 1 is 1.31 bits per heavy atom. The minimum absolute atomic E-state index is 0. The second-order valence-electron chi connectivity index (χ2n) is 4.46. The Labute approximate surface area is 106 Å². The third kappa shape index (κ3) is 8.98. The first-order valence-corrected chi connectivity index (χ1v) is 6.08. The van der Waals surface area contributed by atoms with Crippen molar-refractivity contribution < 1.29 is 4.79 Å². The molecule has 0 heterocycles. The quantitative estimate of drug-likeness (QED) is 0.650. The van der Waals surface area contributed by atoms with Crippen molar-refractivity contribution in [3.63, 3.8) is 0 Å². The molecule has 0 saturated heterocycles. The van der Waals surface area contributed by atoms with E-state index in [0.29, 0.717) is 24.8 Å². The molecular weight excluding hydrogens is 224 g/mol. The lowest BCUT2D eigenvalue weighted by atomic mass is 9.90. The number of nitrogens with two attached hydrogens (primary N) is 1. The van der Waals surface area contributed by atoms with Crippen molar-refractivity contribution in [2.75, 3.05) is 13.1 Å². The summed E-state index contributed by atoms with van der Waals surface area (Å²) in [5.41, 5.74) is 5.37. The van der Waals surface area contributed by atoms with E-state index in [9.17, 15) is 4.79 Å². The lowest BCUT2D eigenvalue weighted by Crippen LogP contribution is -2.28. The van der Waals surface area contributed by atoms with Gasteiger partial charge in [0.2, 0.25) is 5.91 Å². The van der Waals surface area contributed by atoms with Crippen LogP contribution < -0.4 is 11.1 Å². The molecule has 1 atom stereocenters. The van der Waals surface area contributed by atoms with E-state index in [1.165, 1.54) is 0 Å². The molecule has 0 aromatic rings. The Morgan fingerprint density at radius 2 is 1.94 bits per heavy atom. The number of unbranched alkanes of at least 4 members (excludes halogenated alkanes) is 1. The smallest absolute Gasteiger partial charge is 0.220 e. The predicted octanol–water partition coefficient (Wildman–Crippen LogP) is 2.34. The van der Waals surface area contributed by atoms with Crippen LogP contribution in [0.5, 0.6) is 0 Å². The van der Waals surface area contributed by atoms with E-state index in [-0.39, 0.29) is 18.3 Å². The van der Waals surface area contributed by atoms with Crippen LogP contribution in [0.2, 0.25) is 0 Å². The molecule has 3 N–H and O–H groups in total. The maximum Gasteiger partial charge on any atom is 0.220 e. The average Bonchev–Trinajstić information content (AvgIpc) is 2.20. The monoisotopic (exact) mass is 250 g/mol. The van der Waals surface area contributed by atoms with Gasteiger partial charge in [-0.25, -0.2) is 0 Å². The van der Waals surface area contributed by atoms with Crippen LogP contribution in [0.1, 0.15) is 46.5 Å². The van der Waals surface area contributed by atoms with Crippen molar-refractivity contribution in [2.24, 2.45) is 17.6 Å². The number of carbonyl (C=O) groups is 1. The predicted molar refractivity (Wildman–Crippen MR) is 71.8 cm³/mol. The Morgan fingerprint density at radius 3 is 2.38 bits per heavy atom. The van der Waals surface area contributed by atoms with Crippen molar-refractivity contribution in [2.45, 2.75) is 46.5 Å². The summed E-state index contributed by atoms with van der Waals surface area (Å²) >= 11 is 0. The molecule has 1 unspecified atom stereocenters. The highest BCUT2D eigenvalue weighted by Crippen LogP contribution is 2.18. The van der Waals surface area contributed by atoms with Crippen molar-refractivity contribution in [1.82, 2.24) is 5.32 Å².